The van der Waals surface area contributed by atoms with E-state index in [1.807, 2.05) is 19.1 Å². The summed E-state index contributed by atoms with van der Waals surface area (Å²) in [6, 6.07) is 3.64. The smallest absolute Gasteiger partial charge is 0.323 e. The normalized spacial score (nSPS) is 15.7. The Bertz CT molecular complexity index is 495. The largest absolute Gasteiger partial charge is 0.480 e. The van der Waals surface area contributed by atoms with Gasteiger partial charge < -0.3 is 14.7 Å². The Morgan fingerprint density at radius 1 is 1.38 bits per heavy atom. The van der Waals surface area contributed by atoms with Crippen molar-refractivity contribution >= 4 is 11.9 Å². The Labute approximate surface area is 123 Å². The van der Waals surface area contributed by atoms with E-state index in [0.29, 0.717) is 26.1 Å². The Morgan fingerprint density at radius 2 is 2.10 bits per heavy atom. The first-order valence-electron chi connectivity index (χ1n) is 7.07. The lowest BCUT2D eigenvalue weighted by molar-refractivity contribution is -0.147. The zero-order valence-corrected chi connectivity index (χ0v) is 12.1. The van der Waals surface area contributed by atoms with Crippen LogP contribution in [0.25, 0.3) is 0 Å². The van der Waals surface area contributed by atoms with Crippen LogP contribution in [-0.2, 0) is 20.7 Å². The van der Waals surface area contributed by atoms with Crippen molar-refractivity contribution in [3.8, 4) is 0 Å². The van der Waals surface area contributed by atoms with E-state index in [1.54, 1.807) is 6.20 Å². The number of rotatable bonds is 5. The number of carbonyl (C=O) groups is 2. The fourth-order valence-electron chi connectivity index (χ4n) is 2.44. The van der Waals surface area contributed by atoms with Gasteiger partial charge in [-0.1, -0.05) is 6.07 Å². The highest BCUT2D eigenvalue weighted by atomic mass is 16.5. The predicted molar refractivity (Wildman–Crippen MR) is 75.9 cm³/mol. The molecule has 0 aliphatic carbocycles. The molecule has 2 rings (SSSR count). The van der Waals surface area contributed by atoms with E-state index in [4.69, 9.17) is 9.84 Å². The first-order chi connectivity index (χ1) is 10.1. The van der Waals surface area contributed by atoms with Crippen LogP contribution >= 0.6 is 0 Å². The second kappa shape index (κ2) is 7.17. The lowest BCUT2D eigenvalue weighted by Crippen LogP contribution is -2.46. The molecule has 6 nitrogen and oxygen atoms in total. The summed E-state index contributed by atoms with van der Waals surface area (Å²) in [5, 5.41) is 9.03. The van der Waals surface area contributed by atoms with Gasteiger partial charge in [0.2, 0.25) is 5.91 Å². The monoisotopic (exact) mass is 292 g/mol. The Morgan fingerprint density at radius 3 is 2.67 bits per heavy atom. The minimum Gasteiger partial charge on any atom is -0.480 e. The molecule has 0 bridgehead atoms. The number of aliphatic carboxylic acids is 1. The summed E-state index contributed by atoms with van der Waals surface area (Å²) >= 11 is 0. The van der Waals surface area contributed by atoms with Crippen LogP contribution in [-0.4, -0.2) is 52.7 Å². The first kappa shape index (κ1) is 15.4. The lowest BCUT2D eigenvalue weighted by Gasteiger charge is -2.33. The maximum absolute atomic E-state index is 12.4. The van der Waals surface area contributed by atoms with Crippen molar-refractivity contribution in [3.63, 3.8) is 0 Å². The van der Waals surface area contributed by atoms with Crippen LogP contribution in [0.3, 0.4) is 0 Å². The molecule has 0 aromatic carbocycles. The highest BCUT2D eigenvalue weighted by Crippen LogP contribution is 2.16. The Balaban J connectivity index is 2.05. The van der Waals surface area contributed by atoms with E-state index in [0.717, 1.165) is 11.3 Å². The molecule has 0 saturated carbocycles. The van der Waals surface area contributed by atoms with Gasteiger partial charge in [-0.05, 0) is 31.4 Å². The van der Waals surface area contributed by atoms with Crippen LogP contribution in [0.4, 0.5) is 0 Å². The molecule has 0 unspecified atom stereocenters. The van der Waals surface area contributed by atoms with Crippen molar-refractivity contribution in [2.45, 2.75) is 32.2 Å². The topological polar surface area (TPSA) is 79.7 Å². The number of ether oxygens (including phenoxy) is 1. The van der Waals surface area contributed by atoms with Crippen molar-refractivity contribution in [1.82, 2.24) is 9.88 Å². The standard InChI is InChI=1S/C15H20N2O4/c1-11-2-3-12(9-16-11)8-14(18)17(10-15(19)20)13-4-6-21-7-5-13/h2-3,9,13H,4-8,10H2,1H3,(H,19,20). The van der Waals surface area contributed by atoms with Gasteiger partial charge in [-0.25, -0.2) is 0 Å². The minimum absolute atomic E-state index is 0.0549. The van der Waals surface area contributed by atoms with Gasteiger partial charge in [0.25, 0.3) is 0 Å². The Hall–Kier alpha value is -1.95. The first-order valence-corrected chi connectivity index (χ1v) is 7.07. The third kappa shape index (κ3) is 4.53. The molecule has 0 spiro atoms. The fraction of sp³-hybridized carbons (Fsp3) is 0.533. The van der Waals surface area contributed by atoms with Gasteiger partial charge in [-0.15, -0.1) is 0 Å². The summed E-state index contributed by atoms with van der Waals surface area (Å²) in [7, 11) is 0. The molecule has 21 heavy (non-hydrogen) atoms. The SMILES string of the molecule is Cc1ccc(CC(=O)N(CC(=O)O)C2CCOCC2)cn1. The molecule has 1 N–H and O–H groups in total. The third-order valence-electron chi connectivity index (χ3n) is 3.59. The molecule has 6 heteroatoms. The second-order valence-corrected chi connectivity index (χ2v) is 5.24. The Kier molecular flexibility index (Phi) is 5.27. The van der Waals surface area contributed by atoms with E-state index in [-0.39, 0.29) is 24.9 Å². The number of aryl methyl sites for hydroxylation is 1. The maximum atomic E-state index is 12.4. The zero-order valence-electron chi connectivity index (χ0n) is 12.1. The van der Waals surface area contributed by atoms with E-state index < -0.39 is 5.97 Å². The van der Waals surface area contributed by atoms with Crippen molar-refractivity contribution < 1.29 is 19.4 Å². The van der Waals surface area contributed by atoms with Crippen molar-refractivity contribution in [3.05, 3.63) is 29.6 Å². The van der Waals surface area contributed by atoms with Crippen LogP contribution in [0.5, 0.6) is 0 Å². The average molecular weight is 292 g/mol. The number of amides is 1. The van der Waals surface area contributed by atoms with Gasteiger partial charge in [-0.2, -0.15) is 0 Å². The number of nitrogens with zero attached hydrogens (tertiary/aromatic N) is 2. The molecule has 1 aromatic rings. The molecule has 0 atom stereocenters. The molecule has 1 fully saturated rings. The second-order valence-electron chi connectivity index (χ2n) is 5.24. The number of carbonyl (C=O) groups excluding carboxylic acids is 1. The minimum atomic E-state index is -0.989. The molecule has 1 aromatic heterocycles. The van der Waals surface area contributed by atoms with Crippen molar-refractivity contribution in [2.75, 3.05) is 19.8 Å². The molecular weight excluding hydrogens is 272 g/mol. The molecule has 1 aliphatic heterocycles. The van der Waals surface area contributed by atoms with Gasteiger partial charge in [0.15, 0.2) is 0 Å². The van der Waals surface area contributed by atoms with Crippen molar-refractivity contribution in [1.29, 1.82) is 0 Å². The molecule has 1 amide bonds. The number of pyridine rings is 1. The van der Waals surface area contributed by atoms with Crippen LogP contribution in [0.1, 0.15) is 24.1 Å². The highest BCUT2D eigenvalue weighted by Gasteiger charge is 2.27. The molecule has 114 valence electrons. The molecule has 1 saturated heterocycles. The highest BCUT2D eigenvalue weighted by molar-refractivity contribution is 5.83. The third-order valence-corrected chi connectivity index (χ3v) is 3.59. The maximum Gasteiger partial charge on any atom is 0.323 e. The lowest BCUT2D eigenvalue weighted by atomic mass is 10.1. The van der Waals surface area contributed by atoms with E-state index >= 15 is 0 Å². The van der Waals surface area contributed by atoms with Crippen LogP contribution in [0, 0.1) is 6.92 Å². The fourth-order valence-corrected chi connectivity index (χ4v) is 2.44. The number of carboxylic acid groups (broad SMARTS) is 1. The van der Waals surface area contributed by atoms with Crippen LogP contribution < -0.4 is 0 Å². The summed E-state index contributed by atoms with van der Waals surface area (Å²) < 4.78 is 5.27. The summed E-state index contributed by atoms with van der Waals surface area (Å²) in [4.78, 5) is 29.1. The van der Waals surface area contributed by atoms with Crippen LogP contribution in [0.15, 0.2) is 18.3 Å². The number of aromatic nitrogens is 1. The van der Waals surface area contributed by atoms with Crippen molar-refractivity contribution in [2.24, 2.45) is 0 Å². The van der Waals surface area contributed by atoms with Gasteiger partial charge in [-0.3, -0.25) is 14.6 Å². The number of carboxylic acids is 1. The van der Waals surface area contributed by atoms with Crippen LogP contribution in [0.2, 0.25) is 0 Å². The summed E-state index contributed by atoms with van der Waals surface area (Å²) in [6.45, 7) is 2.76. The molecule has 2 heterocycles. The number of hydrogen-bond donors (Lipinski definition) is 1. The summed E-state index contributed by atoms with van der Waals surface area (Å²) in [5.41, 5.74) is 1.69. The van der Waals surface area contributed by atoms with Gasteiger partial charge in [0, 0.05) is 31.1 Å². The van der Waals surface area contributed by atoms with E-state index in [2.05, 4.69) is 4.98 Å². The van der Waals surface area contributed by atoms with Gasteiger partial charge in [0.1, 0.15) is 6.54 Å². The molecule has 0 radical (unpaired) electrons. The van der Waals surface area contributed by atoms with E-state index in [9.17, 15) is 9.59 Å². The molecule has 1 aliphatic rings. The average Bonchev–Trinajstić information content (AvgIpc) is 2.48. The van der Waals surface area contributed by atoms with Gasteiger partial charge >= 0.3 is 5.97 Å². The number of hydrogen-bond acceptors (Lipinski definition) is 4. The summed E-state index contributed by atoms with van der Waals surface area (Å²) in [5.74, 6) is -1.16. The quantitative estimate of drug-likeness (QED) is 0.876. The zero-order chi connectivity index (χ0) is 15.2. The molecular formula is C15H20N2O4. The van der Waals surface area contributed by atoms with E-state index in [1.165, 1.54) is 4.90 Å². The summed E-state index contributed by atoms with van der Waals surface area (Å²) in [6.07, 6.45) is 3.21. The predicted octanol–water partition coefficient (Wildman–Crippen LogP) is 1.02. The van der Waals surface area contributed by atoms with Gasteiger partial charge in [0.05, 0.1) is 6.42 Å².